The molecule has 1 amide bonds. The van der Waals surface area contributed by atoms with E-state index in [0.717, 1.165) is 27.8 Å². The minimum absolute atomic E-state index is 0.0770. The highest BCUT2D eigenvalue weighted by Gasteiger charge is 2.34. The summed E-state index contributed by atoms with van der Waals surface area (Å²) in [7, 11) is 1.49. The van der Waals surface area contributed by atoms with Crippen LogP contribution in [0.15, 0.2) is 78.9 Å². The first-order valence-corrected chi connectivity index (χ1v) is 11.9. The molecule has 0 spiro atoms. The molecular formula is C29H31NO5. The molecule has 182 valence electrons. The van der Waals surface area contributed by atoms with Gasteiger partial charge >= 0.3 is 12.1 Å². The highest BCUT2D eigenvalue weighted by Crippen LogP contribution is 2.44. The van der Waals surface area contributed by atoms with Crippen molar-refractivity contribution in [2.75, 3.05) is 20.3 Å². The molecule has 4 rings (SSSR count). The second-order valence-electron chi connectivity index (χ2n) is 9.00. The van der Waals surface area contributed by atoms with E-state index in [1.165, 1.54) is 11.9 Å². The van der Waals surface area contributed by atoms with Crippen LogP contribution in [0.1, 0.15) is 36.0 Å². The quantitative estimate of drug-likeness (QED) is 0.390. The monoisotopic (exact) mass is 473 g/mol. The van der Waals surface area contributed by atoms with Gasteiger partial charge in [-0.25, -0.2) is 9.59 Å². The molecule has 1 N–H and O–H groups in total. The van der Waals surface area contributed by atoms with Crippen LogP contribution in [0.2, 0.25) is 0 Å². The lowest BCUT2D eigenvalue weighted by atomic mass is 9.97. The van der Waals surface area contributed by atoms with Crippen LogP contribution in [-0.2, 0) is 20.9 Å². The Kier molecular flexibility index (Phi) is 7.83. The Morgan fingerprint density at radius 2 is 1.49 bits per heavy atom. The zero-order valence-corrected chi connectivity index (χ0v) is 20.1. The molecular weight excluding hydrogens is 442 g/mol. The van der Waals surface area contributed by atoms with Crippen LogP contribution in [0, 0.1) is 5.92 Å². The number of fused-ring (bicyclic) bond motifs is 3. The van der Waals surface area contributed by atoms with Crippen molar-refractivity contribution in [1.82, 2.24) is 4.90 Å². The van der Waals surface area contributed by atoms with Gasteiger partial charge in [-0.15, -0.1) is 0 Å². The van der Waals surface area contributed by atoms with Crippen molar-refractivity contribution in [3.8, 4) is 11.1 Å². The SMILES string of the molecule is C[C@@H](CCOCc1ccccc1)[C@@H](C(=O)O)N(C)C(=O)OCC1c2ccccc2-c2ccccc21. The number of carbonyl (C=O) groups is 2. The Balaban J connectivity index is 1.34. The smallest absolute Gasteiger partial charge is 0.410 e. The highest BCUT2D eigenvalue weighted by atomic mass is 16.6. The Hall–Kier alpha value is -3.64. The summed E-state index contributed by atoms with van der Waals surface area (Å²) in [5.41, 5.74) is 5.58. The van der Waals surface area contributed by atoms with Gasteiger partial charge in [0.1, 0.15) is 12.6 Å². The summed E-state index contributed by atoms with van der Waals surface area (Å²) in [4.78, 5) is 26.1. The summed E-state index contributed by atoms with van der Waals surface area (Å²) in [6.07, 6.45) is -0.138. The lowest BCUT2D eigenvalue weighted by molar-refractivity contribution is -0.144. The fourth-order valence-electron chi connectivity index (χ4n) is 4.79. The zero-order chi connectivity index (χ0) is 24.8. The van der Waals surface area contributed by atoms with Crippen molar-refractivity contribution in [2.24, 2.45) is 5.92 Å². The lowest BCUT2D eigenvalue weighted by Crippen LogP contribution is -2.47. The molecule has 1 aliphatic rings. The third-order valence-electron chi connectivity index (χ3n) is 6.66. The molecule has 0 aromatic heterocycles. The molecule has 0 fully saturated rings. The predicted octanol–water partition coefficient (Wildman–Crippen LogP) is 5.56. The number of carboxylic acid groups (broad SMARTS) is 1. The topological polar surface area (TPSA) is 76.1 Å². The van der Waals surface area contributed by atoms with Crippen LogP contribution < -0.4 is 0 Å². The molecule has 0 heterocycles. The van der Waals surface area contributed by atoms with Gasteiger partial charge in [0.25, 0.3) is 0 Å². The van der Waals surface area contributed by atoms with Crippen LogP contribution in [0.4, 0.5) is 4.79 Å². The van der Waals surface area contributed by atoms with Gasteiger partial charge in [0.2, 0.25) is 0 Å². The second kappa shape index (κ2) is 11.2. The van der Waals surface area contributed by atoms with Crippen LogP contribution >= 0.6 is 0 Å². The number of hydrogen-bond donors (Lipinski definition) is 1. The van der Waals surface area contributed by atoms with E-state index in [2.05, 4.69) is 24.3 Å². The molecule has 0 saturated heterocycles. The fraction of sp³-hybridized carbons (Fsp3) is 0.310. The van der Waals surface area contributed by atoms with Gasteiger partial charge in [-0.3, -0.25) is 4.90 Å². The van der Waals surface area contributed by atoms with Gasteiger partial charge in [-0.1, -0.05) is 85.8 Å². The maximum atomic E-state index is 12.9. The van der Waals surface area contributed by atoms with Crippen LogP contribution in [0.5, 0.6) is 0 Å². The lowest BCUT2D eigenvalue weighted by Gasteiger charge is -2.29. The minimum atomic E-state index is -1.06. The molecule has 6 heteroatoms. The average molecular weight is 474 g/mol. The molecule has 0 saturated carbocycles. The van der Waals surface area contributed by atoms with Gasteiger partial charge in [-0.05, 0) is 40.2 Å². The van der Waals surface area contributed by atoms with Gasteiger partial charge in [0.05, 0.1) is 6.61 Å². The standard InChI is InChI=1S/C29H31NO5/c1-20(16-17-34-18-21-10-4-3-5-11-21)27(28(31)32)30(2)29(33)35-19-26-24-14-8-6-12-22(24)23-13-7-9-15-25(23)26/h3-15,20,26-27H,16-19H2,1-2H3,(H,31,32)/t20-,27-/m0/s1. The van der Waals surface area contributed by atoms with E-state index in [4.69, 9.17) is 9.47 Å². The van der Waals surface area contributed by atoms with E-state index in [-0.39, 0.29) is 18.4 Å². The highest BCUT2D eigenvalue weighted by molar-refractivity contribution is 5.81. The molecule has 0 unspecified atom stereocenters. The first-order valence-electron chi connectivity index (χ1n) is 11.9. The molecule has 6 nitrogen and oxygen atoms in total. The largest absolute Gasteiger partial charge is 0.480 e. The van der Waals surface area contributed by atoms with E-state index in [1.807, 2.05) is 61.5 Å². The number of ether oxygens (including phenoxy) is 2. The number of carboxylic acids is 1. The van der Waals surface area contributed by atoms with Crippen molar-refractivity contribution in [1.29, 1.82) is 0 Å². The molecule has 3 aromatic rings. The number of likely N-dealkylation sites (N-methyl/N-ethyl adjacent to an activating group) is 1. The van der Waals surface area contributed by atoms with Crippen molar-refractivity contribution in [3.63, 3.8) is 0 Å². The number of aliphatic carboxylic acids is 1. The summed E-state index contributed by atoms with van der Waals surface area (Å²) in [5.74, 6) is -1.45. The number of amides is 1. The van der Waals surface area contributed by atoms with Gasteiger partial charge in [0.15, 0.2) is 0 Å². The fourth-order valence-corrected chi connectivity index (χ4v) is 4.79. The summed E-state index contributed by atoms with van der Waals surface area (Å²) < 4.78 is 11.4. The Labute approximate surface area is 206 Å². The normalized spacial score (nSPS) is 14.0. The molecule has 0 radical (unpaired) electrons. The summed E-state index contributed by atoms with van der Waals surface area (Å²) in [6, 6.07) is 25.0. The summed E-state index contributed by atoms with van der Waals surface area (Å²) >= 11 is 0. The first kappa shape index (κ1) is 24.5. The van der Waals surface area contributed by atoms with Gasteiger partial charge in [0, 0.05) is 19.6 Å². The number of rotatable bonds is 10. The summed E-state index contributed by atoms with van der Waals surface area (Å²) in [6.45, 7) is 2.84. The van der Waals surface area contributed by atoms with E-state index in [0.29, 0.717) is 19.6 Å². The number of carbonyl (C=O) groups excluding carboxylic acids is 1. The van der Waals surface area contributed by atoms with Crippen molar-refractivity contribution in [3.05, 3.63) is 95.6 Å². The molecule has 3 aromatic carbocycles. The molecule has 0 bridgehead atoms. The molecule has 35 heavy (non-hydrogen) atoms. The maximum absolute atomic E-state index is 12.9. The van der Waals surface area contributed by atoms with Gasteiger partial charge in [-0.2, -0.15) is 0 Å². The average Bonchev–Trinajstić information content (AvgIpc) is 3.19. The van der Waals surface area contributed by atoms with Crippen LogP contribution in [-0.4, -0.2) is 48.4 Å². The zero-order valence-electron chi connectivity index (χ0n) is 20.1. The summed E-state index contributed by atoms with van der Waals surface area (Å²) in [5, 5.41) is 9.85. The number of benzene rings is 3. The minimum Gasteiger partial charge on any atom is -0.480 e. The van der Waals surface area contributed by atoms with E-state index >= 15 is 0 Å². The Morgan fingerprint density at radius 1 is 0.914 bits per heavy atom. The molecule has 1 aliphatic carbocycles. The van der Waals surface area contributed by atoms with Gasteiger partial charge < -0.3 is 14.6 Å². The third-order valence-corrected chi connectivity index (χ3v) is 6.66. The van der Waals surface area contributed by atoms with Crippen LogP contribution in [0.25, 0.3) is 11.1 Å². The Morgan fingerprint density at radius 3 is 2.09 bits per heavy atom. The van der Waals surface area contributed by atoms with E-state index < -0.39 is 18.1 Å². The van der Waals surface area contributed by atoms with E-state index in [9.17, 15) is 14.7 Å². The van der Waals surface area contributed by atoms with Crippen molar-refractivity contribution in [2.45, 2.75) is 31.9 Å². The Bertz CT molecular complexity index is 1120. The maximum Gasteiger partial charge on any atom is 0.410 e. The second-order valence-corrected chi connectivity index (χ2v) is 9.00. The number of hydrogen-bond acceptors (Lipinski definition) is 4. The van der Waals surface area contributed by atoms with Crippen LogP contribution in [0.3, 0.4) is 0 Å². The van der Waals surface area contributed by atoms with E-state index in [1.54, 1.807) is 0 Å². The molecule has 2 atom stereocenters. The van der Waals surface area contributed by atoms with Crippen molar-refractivity contribution >= 4 is 12.1 Å². The first-order chi connectivity index (χ1) is 17.0. The molecule has 0 aliphatic heterocycles. The third kappa shape index (κ3) is 5.54. The van der Waals surface area contributed by atoms with Crippen molar-refractivity contribution < 1.29 is 24.2 Å². The number of nitrogens with zero attached hydrogens (tertiary/aromatic N) is 1. The predicted molar refractivity (Wildman–Crippen MR) is 134 cm³/mol.